The number of benzene rings is 1. The van der Waals surface area contributed by atoms with Crippen molar-refractivity contribution in [3.05, 3.63) is 48.0 Å². The first-order chi connectivity index (χ1) is 8.70. The molecule has 1 atom stereocenters. The molecular formula is C14H16FN2P. The second-order valence-electron chi connectivity index (χ2n) is 4.06. The Morgan fingerprint density at radius 2 is 2.11 bits per heavy atom. The van der Waals surface area contributed by atoms with E-state index in [-0.39, 0.29) is 5.82 Å². The van der Waals surface area contributed by atoms with Crippen molar-refractivity contribution in [2.75, 3.05) is 11.5 Å². The maximum absolute atomic E-state index is 13.8. The Morgan fingerprint density at radius 1 is 1.28 bits per heavy atom. The third-order valence-electron chi connectivity index (χ3n) is 2.58. The third kappa shape index (κ3) is 3.05. The van der Waals surface area contributed by atoms with Crippen LogP contribution < -0.4 is 10.6 Å². The summed E-state index contributed by atoms with van der Waals surface area (Å²) in [5.74, 6) is -0.232. The molecule has 1 aromatic heterocycles. The SMILES string of the molecule is CCPc1ccncc1Nc1ccc(C)cc1F. The maximum atomic E-state index is 13.8. The normalized spacial score (nSPS) is 11.1. The van der Waals surface area contributed by atoms with Gasteiger partial charge in [-0.2, -0.15) is 0 Å². The molecule has 2 nitrogen and oxygen atoms in total. The van der Waals surface area contributed by atoms with Gasteiger partial charge in [-0.15, -0.1) is 0 Å². The number of aryl methyl sites for hydroxylation is 1. The molecule has 1 unspecified atom stereocenters. The molecule has 1 aromatic carbocycles. The molecule has 1 N–H and O–H groups in total. The van der Waals surface area contributed by atoms with Gasteiger partial charge in [-0.05, 0) is 42.2 Å². The van der Waals surface area contributed by atoms with E-state index in [0.717, 1.165) is 17.4 Å². The largest absolute Gasteiger partial charge is 0.351 e. The summed E-state index contributed by atoms with van der Waals surface area (Å²) in [6.45, 7) is 4.01. The van der Waals surface area contributed by atoms with Crippen LogP contribution in [0.25, 0.3) is 0 Å². The number of halogens is 1. The van der Waals surface area contributed by atoms with Crippen LogP contribution in [0, 0.1) is 12.7 Å². The fourth-order valence-electron chi connectivity index (χ4n) is 1.71. The molecule has 0 spiro atoms. The number of anilines is 2. The fourth-order valence-corrected chi connectivity index (χ4v) is 2.60. The highest BCUT2D eigenvalue weighted by Crippen LogP contribution is 2.22. The van der Waals surface area contributed by atoms with E-state index in [1.54, 1.807) is 18.5 Å². The van der Waals surface area contributed by atoms with Gasteiger partial charge in [0, 0.05) is 6.20 Å². The Hall–Kier alpha value is -1.47. The molecule has 0 aliphatic heterocycles. The number of aromatic nitrogens is 1. The quantitative estimate of drug-likeness (QED) is 0.852. The van der Waals surface area contributed by atoms with Crippen molar-refractivity contribution in [1.82, 2.24) is 4.98 Å². The van der Waals surface area contributed by atoms with Crippen molar-refractivity contribution in [2.24, 2.45) is 0 Å². The minimum Gasteiger partial charge on any atom is -0.351 e. The molecule has 94 valence electrons. The van der Waals surface area contributed by atoms with Gasteiger partial charge in [-0.1, -0.05) is 21.6 Å². The topological polar surface area (TPSA) is 24.9 Å². The predicted molar refractivity (Wildman–Crippen MR) is 77.1 cm³/mol. The van der Waals surface area contributed by atoms with E-state index in [1.807, 2.05) is 19.1 Å². The lowest BCUT2D eigenvalue weighted by molar-refractivity contribution is 0.631. The van der Waals surface area contributed by atoms with Crippen molar-refractivity contribution >= 4 is 25.3 Å². The molecule has 0 radical (unpaired) electrons. The fraction of sp³-hybridized carbons (Fsp3) is 0.214. The standard InChI is InChI=1S/C14H16FN2P/c1-3-18-14-6-7-16-9-13(14)17-12-5-4-10(2)8-11(12)15/h4-9,17-18H,3H2,1-2H3. The van der Waals surface area contributed by atoms with Crippen LogP contribution in [0.2, 0.25) is 0 Å². The highest BCUT2D eigenvalue weighted by atomic mass is 31.1. The van der Waals surface area contributed by atoms with Crippen molar-refractivity contribution < 1.29 is 4.39 Å². The van der Waals surface area contributed by atoms with Gasteiger partial charge in [-0.25, -0.2) is 4.39 Å². The number of hydrogen-bond donors (Lipinski definition) is 1. The summed E-state index contributed by atoms with van der Waals surface area (Å²) in [4.78, 5) is 4.09. The van der Waals surface area contributed by atoms with Gasteiger partial charge in [0.05, 0.1) is 17.6 Å². The molecule has 2 aromatic rings. The Bertz CT molecular complexity index is 543. The van der Waals surface area contributed by atoms with E-state index >= 15 is 0 Å². The van der Waals surface area contributed by atoms with E-state index in [0.29, 0.717) is 14.3 Å². The van der Waals surface area contributed by atoms with Crippen LogP contribution >= 0.6 is 8.58 Å². The first-order valence-electron chi connectivity index (χ1n) is 5.91. The van der Waals surface area contributed by atoms with Gasteiger partial charge < -0.3 is 5.32 Å². The van der Waals surface area contributed by atoms with Crippen molar-refractivity contribution in [3.8, 4) is 0 Å². The second kappa shape index (κ2) is 5.92. The Kier molecular flexibility index (Phi) is 4.27. The molecule has 18 heavy (non-hydrogen) atoms. The Labute approximate surface area is 108 Å². The Morgan fingerprint density at radius 3 is 2.83 bits per heavy atom. The molecule has 0 bridgehead atoms. The first kappa shape index (κ1) is 13.0. The zero-order valence-corrected chi connectivity index (χ0v) is 11.5. The number of nitrogens with zero attached hydrogens (tertiary/aromatic N) is 1. The van der Waals surface area contributed by atoms with Crippen molar-refractivity contribution in [1.29, 1.82) is 0 Å². The van der Waals surface area contributed by atoms with Crippen LogP contribution in [-0.4, -0.2) is 11.1 Å². The van der Waals surface area contributed by atoms with Crippen LogP contribution in [0.5, 0.6) is 0 Å². The van der Waals surface area contributed by atoms with E-state index in [1.165, 1.54) is 11.4 Å². The average molecular weight is 262 g/mol. The van der Waals surface area contributed by atoms with Crippen molar-refractivity contribution in [2.45, 2.75) is 13.8 Å². The molecular weight excluding hydrogens is 246 g/mol. The van der Waals surface area contributed by atoms with E-state index in [4.69, 9.17) is 0 Å². The molecule has 0 aliphatic carbocycles. The summed E-state index contributed by atoms with van der Waals surface area (Å²) in [6.07, 6.45) is 4.60. The number of rotatable bonds is 4. The van der Waals surface area contributed by atoms with Crippen LogP contribution in [0.1, 0.15) is 12.5 Å². The van der Waals surface area contributed by atoms with Crippen molar-refractivity contribution in [3.63, 3.8) is 0 Å². The monoisotopic (exact) mass is 262 g/mol. The van der Waals surface area contributed by atoms with Crippen LogP contribution in [0.4, 0.5) is 15.8 Å². The lowest BCUT2D eigenvalue weighted by Gasteiger charge is -2.11. The lowest BCUT2D eigenvalue weighted by Crippen LogP contribution is -2.06. The third-order valence-corrected chi connectivity index (χ3v) is 3.75. The molecule has 2 rings (SSSR count). The number of nitrogens with one attached hydrogen (secondary N) is 1. The molecule has 0 saturated heterocycles. The summed E-state index contributed by atoms with van der Waals surface area (Å²) >= 11 is 0. The number of hydrogen-bond acceptors (Lipinski definition) is 2. The van der Waals surface area contributed by atoms with Gasteiger partial charge >= 0.3 is 0 Å². The lowest BCUT2D eigenvalue weighted by atomic mass is 10.2. The predicted octanol–water partition coefficient (Wildman–Crippen LogP) is 3.60. The summed E-state index contributed by atoms with van der Waals surface area (Å²) in [6, 6.07) is 7.16. The van der Waals surface area contributed by atoms with Gasteiger partial charge in [0.25, 0.3) is 0 Å². The molecule has 4 heteroatoms. The highest BCUT2D eigenvalue weighted by Gasteiger charge is 2.06. The molecule has 0 fully saturated rings. The van der Waals surface area contributed by atoms with Crippen LogP contribution in [0.15, 0.2) is 36.7 Å². The summed E-state index contributed by atoms with van der Waals surface area (Å²) in [5.41, 5.74) is 2.30. The zero-order valence-electron chi connectivity index (χ0n) is 10.5. The Balaban J connectivity index is 2.28. The summed E-state index contributed by atoms with van der Waals surface area (Å²) in [5, 5.41) is 4.31. The average Bonchev–Trinajstić information content (AvgIpc) is 2.35. The molecule has 0 amide bonds. The molecule has 1 heterocycles. The first-order valence-corrected chi connectivity index (χ1v) is 7.12. The number of pyridine rings is 1. The molecule has 0 saturated carbocycles. The summed E-state index contributed by atoms with van der Waals surface area (Å²) in [7, 11) is 0.707. The minimum atomic E-state index is -0.232. The van der Waals surface area contributed by atoms with E-state index in [2.05, 4.69) is 17.2 Å². The van der Waals surface area contributed by atoms with Gasteiger partial charge in [0.2, 0.25) is 0 Å². The highest BCUT2D eigenvalue weighted by molar-refractivity contribution is 7.47. The maximum Gasteiger partial charge on any atom is 0.146 e. The van der Waals surface area contributed by atoms with E-state index in [9.17, 15) is 4.39 Å². The van der Waals surface area contributed by atoms with Gasteiger partial charge in [0.1, 0.15) is 5.82 Å². The molecule has 0 aliphatic rings. The van der Waals surface area contributed by atoms with E-state index < -0.39 is 0 Å². The minimum absolute atomic E-state index is 0.232. The van der Waals surface area contributed by atoms with Gasteiger partial charge in [-0.3, -0.25) is 4.98 Å². The second-order valence-corrected chi connectivity index (χ2v) is 5.66. The smallest absolute Gasteiger partial charge is 0.146 e. The van der Waals surface area contributed by atoms with Crippen LogP contribution in [-0.2, 0) is 0 Å². The zero-order chi connectivity index (χ0) is 13.0. The van der Waals surface area contributed by atoms with Crippen LogP contribution in [0.3, 0.4) is 0 Å². The van der Waals surface area contributed by atoms with Gasteiger partial charge in [0.15, 0.2) is 0 Å². The summed E-state index contributed by atoms with van der Waals surface area (Å²) < 4.78 is 13.8.